The Morgan fingerprint density at radius 1 is 1.47 bits per heavy atom. The Hall–Kier alpha value is -1.86. The van der Waals surface area contributed by atoms with E-state index in [2.05, 4.69) is 4.98 Å². The van der Waals surface area contributed by atoms with Crippen LogP contribution in [0.2, 0.25) is 5.15 Å². The SMILES string of the molecule is Cn1c(-c2ccccc2F)nc(Cl)c1CC#N. The number of nitriles is 1. The molecule has 0 atom stereocenters. The van der Waals surface area contributed by atoms with Gasteiger partial charge in [-0.3, -0.25) is 0 Å². The van der Waals surface area contributed by atoms with Crippen LogP contribution < -0.4 is 0 Å². The number of aromatic nitrogens is 2. The van der Waals surface area contributed by atoms with Gasteiger partial charge in [-0.2, -0.15) is 5.26 Å². The lowest BCUT2D eigenvalue weighted by atomic mass is 10.2. The average molecular weight is 250 g/mol. The molecular weight excluding hydrogens is 241 g/mol. The summed E-state index contributed by atoms with van der Waals surface area (Å²) in [6, 6.07) is 8.34. The molecule has 0 aliphatic heterocycles. The van der Waals surface area contributed by atoms with Crippen LogP contribution in [0.25, 0.3) is 11.4 Å². The first-order valence-electron chi connectivity index (χ1n) is 4.98. The zero-order chi connectivity index (χ0) is 12.4. The van der Waals surface area contributed by atoms with Crippen molar-refractivity contribution in [3.63, 3.8) is 0 Å². The van der Waals surface area contributed by atoms with Crippen molar-refractivity contribution in [2.24, 2.45) is 7.05 Å². The van der Waals surface area contributed by atoms with Gasteiger partial charge in [0, 0.05) is 7.05 Å². The second-order valence-corrected chi connectivity index (χ2v) is 3.90. The van der Waals surface area contributed by atoms with E-state index in [-0.39, 0.29) is 17.4 Å². The number of rotatable bonds is 2. The van der Waals surface area contributed by atoms with Gasteiger partial charge in [0.15, 0.2) is 5.15 Å². The second kappa shape index (κ2) is 4.56. The number of nitrogens with zero attached hydrogens (tertiary/aromatic N) is 3. The smallest absolute Gasteiger partial charge is 0.152 e. The zero-order valence-electron chi connectivity index (χ0n) is 9.11. The van der Waals surface area contributed by atoms with Crippen LogP contribution in [0.5, 0.6) is 0 Å². The lowest BCUT2D eigenvalue weighted by Gasteiger charge is -2.04. The molecule has 1 aromatic heterocycles. The largest absolute Gasteiger partial charge is 0.329 e. The van der Waals surface area contributed by atoms with Crippen molar-refractivity contribution in [1.29, 1.82) is 5.26 Å². The van der Waals surface area contributed by atoms with Crippen molar-refractivity contribution in [3.8, 4) is 17.5 Å². The summed E-state index contributed by atoms with van der Waals surface area (Å²) in [5.74, 6) is 0.0686. The Kier molecular flexibility index (Phi) is 3.12. The summed E-state index contributed by atoms with van der Waals surface area (Å²) in [6.07, 6.45) is 0.150. The maximum atomic E-state index is 13.6. The summed E-state index contributed by atoms with van der Waals surface area (Å²) in [6.45, 7) is 0. The Bertz CT molecular complexity index is 598. The molecule has 5 heteroatoms. The summed E-state index contributed by atoms with van der Waals surface area (Å²) in [7, 11) is 1.72. The van der Waals surface area contributed by atoms with Crippen LogP contribution in [-0.4, -0.2) is 9.55 Å². The molecule has 0 aliphatic rings. The molecular formula is C12H9ClFN3. The third-order valence-electron chi connectivity index (χ3n) is 2.53. The third kappa shape index (κ3) is 2.02. The predicted octanol–water partition coefficient (Wildman–Crippen LogP) is 2.95. The minimum Gasteiger partial charge on any atom is -0.329 e. The van der Waals surface area contributed by atoms with Gasteiger partial charge in [-0.1, -0.05) is 23.7 Å². The van der Waals surface area contributed by atoms with Crippen molar-refractivity contribution in [2.75, 3.05) is 0 Å². The zero-order valence-corrected chi connectivity index (χ0v) is 9.87. The molecule has 0 amide bonds. The molecule has 0 saturated heterocycles. The number of imidazole rings is 1. The van der Waals surface area contributed by atoms with E-state index in [1.54, 1.807) is 29.8 Å². The van der Waals surface area contributed by atoms with Gasteiger partial charge in [-0.05, 0) is 12.1 Å². The summed E-state index contributed by atoms with van der Waals surface area (Å²) in [4.78, 5) is 4.10. The highest BCUT2D eigenvalue weighted by Gasteiger charge is 2.16. The van der Waals surface area contributed by atoms with Gasteiger partial charge in [-0.25, -0.2) is 9.37 Å². The van der Waals surface area contributed by atoms with Gasteiger partial charge in [0.2, 0.25) is 0 Å². The highest BCUT2D eigenvalue weighted by Crippen LogP contribution is 2.26. The summed E-state index contributed by atoms with van der Waals surface area (Å²) < 4.78 is 15.3. The Morgan fingerprint density at radius 2 is 2.18 bits per heavy atom. The van der Waals surface area contributed by atoms with Crippen LogP contribution in [0.15, 0.2) is 24.3 Å². The fourth-order valence-electron chi connectivity index (χ4n) is 1.65. The van der Waals surface area contributed by atoms with Gasteiger partial charge in [0.25, 0.3) is 0 Å². The lowest BCUT2D eigenvalue weighted by Crippen LogP contribution is -1.99. The molecule has 0 aliphatic carbocycles. The van der Waals surface area contributed by atoms with Gasteiger partial charge in [0.05, 0.1) is 23.7 Å². The van der Waals surface area contributed by atoms with Crippen molar-refractivity contribution in [1.82, 2.24) is 9.55 Å². The van der Waals surface area contributed by atoms with Crippen LogP contribution >= 0.6 is 11.6 Å². The van der Waals surface area contributed by atoms with Crippen molar-refractivity contribution in [3.05, 3.63) is 40.9 Å². The maximum Gasteiger partial charge on any atom is 0.152 e. The maximum absolute atomic E-state index is 13.6. The molecule has 2 rings (SSSR count). The molecule has 86 valence electrons. The van der Waals surface area contributed by atoms with E-state index in [0.717, 1.165) is 0 Å². The van der Waals surface area contributed by atoms with E-state index < -0.39 is 0 Å². The molecule has 17 heavy (non-hydrogen) atoms. The molecule has 0 N–H and O–H groups in total. The number of halogens is 2. The van der Waals surface area contributed by atoms with Crippen molar-refractivity contribution in [2.45, 2.75) is 6.42 Å². The Balaban J connectivity index is 2.59. The molecule has 1 aromatic carbocycles. The van der Waals surface area contributed by atoms with Crippen LogP contribution in [-0.2, 0) is 13.5 Å². The van der Waals surface area contributed by atoms with E-state index >= 15 is 0 Å². The molecule has 0 fully saturated rings. The van der Waals surface area contributed by atoms with Crippen LogP contribution in [0.3, 0.4) is 0 Å². The minimum absolute atomic E-state index is 0.150. The molecule has 0 bridgehead atoms. The summed E-state index contributed by atoms with van der Waals surface area (Å²) in [5, 5.41) is 8.92. The topological polar surface area (TPSA) is 41.6 Å². The quantitative estimate of drug-likeness (QED) is 0.821. The van der Waals surface area contributed by atoms with Crippen molar-refractivity contribution >= 4 is 11.6 Å². The van der Waals surface area contributed by atoms with E-state index in [9.17, 15) is 4.39 Å². The Morgan fingerprint density at radius 3 is 2.82 bits per heavy atom. The van der Waals surface area contributed by atoms with Gasteiger partial charge >= 0.3 is 0 Å². The Labute approximate surface area is 103 Å². The summed E-state index contributed by atoms with van der Waals surface area (Å²) >= 11 is 5.93. The number of hydrogen-bond donors (Lipinski definition) is 0. The minimum atomic E-state index is -0.360. The molecule has 0 unspecified atom stereocenters. The van der Waals surface area contributed by atoms with Gasteiger partial charge in [0.1, 0.15) is 11.6 Å². The fourth-order valence-corrected chi connectivity index (χ4v) is 1.92. The van der Waals surface area contributed by atoms with Crippen LogP contribution in [0.4, 0.5) is 4.39 Å². The number of hydrogen-bond acceptors (Lipinski definition) is 2. The summed E-state index contributed by atoms with van der Waals surface area (Å²) in [5.41, 5.74) is 0.966. The third-order valence-corrected chi connectivity index (χ3v) is 2.83. The molecule has 0 radical (unpaired) electrons. The first kappa shape index (κ1) is 11.6. The van der Waals surface area contributed by atoms with Gasteiger partial charge in [-0.15, -0.1) is 0 Å². The first-order valence-corrected chi connectivity index (χ1v) is 5.36. The van der Waals surface area contributed by atoms with Crippen LogP contribution in [0.1, 0.15) is 5.69 Å². The van der Waals surface area contributed by atoms with Gasteiger partial charge < -0.3 is 4.57 Å². The highest BCUT2D eigenvalue weighted by molar-refractivity contribution is 6.30. The van der Waals surface area contributed by atoms with E-state index in [1.165, 1.54) is 6.07 Å². The fraction of sp³-hybridized carbons (Fsp3) is 0.167. The first-order chi connectivity index (χ1) is 8.15. The molecule has 1 heterocycles. The average Bonchev–Trinajstić information content (AvgIpc) is 2.58. The number of benzene rings is 1. The molecule has 0 spiro atoms. The lowest BCUT2D eigenvalue weighted by molar-refractivity contribution is 0.628. The second-order valence-electron chi connectivity index (χ2n) is 3.55. The normalized spacial score (nSPS) is 10.2. The highest BCUT2D eigenvalue weighted by atomic mass is 35.5. The molecule has 3 nitrogen and oxygen atoms in total. The van der Waals surface area contributed by atoms with E-state index in [0.29, 0.717) is 17.1 Å². The molecule has 2 aromatic rings. The van der Waals surface area contributed by atoms with E-state index in [1.807, 2.05) is 6.07 Å². The van der Waals surface area contributed by atoms with Crippen LogP contribution in [0, 0.1) is 17.1 Å². The van der Waals surface area contributed by atoms with E-state index in [4.69, 9.17) is 16.9 Å². The standard InChI is InChI=1S/C12H9ClFN3/c1-17-10(6-7-15)11(13)16-12(17)8-4-2-3-5-9(8)14/h2-5H,6H2,1H3. The predicted molar refractivity (Wildman–Crippen MR) is 62.9 cm³/mol. The van der Waals surface area contributed by atoms with Crippen molar-refractivity contribution < 1.29 is 4.39 Å². The monoisotopic (exact) mass is 249 g/mol. The molecule has 0 saturated carbocycles.